The van der Waals surface area contributed by atoms with Gasteiger partial charge in [0.05, 0.1) is 0 Å². The molecule has 0 spiro atoms. The fraction of sp³-hybridized carbons (Fsp3) is 0. The van der Waals surface area contributed by atoms with Gasteiger partial charge in [-0.05, 0) is 0 Å². The molecule has 0 bridgehead atoms. The van der Waals surface area contributed by atoms with E-state index >= 15 is 0 Å². The molecule has 0 heterocycles. The molecule has 0 radical (unpaired) electrons. The van der Waals surface area contributed by atoms with Crippen LogP contribution in [0.3, 0.4) is 0 Å². The van der Waals surface area contributed by atoms with Crippen molar-refractivity contribution < 1.29 is 27.7 Å². The molecule has 0 aliphatic rings. The van der Waals surface area contributed by atoms with Crippen LogP contribution in [0.25, 0.3) is 0 Å². The Morgan fingerprint density at radius 1 is 0.875 bits per heavy atom. The smallest absolute Gasteiger partial charge is 1.00 e. The summed E-state index contributed by atoms with van der Waals surface area (Å²) in [5.41, 5.74) is 0. The average Bonchev–Trinajstić information content (AvgIpc) is 0.722. The Balaban J connectivity index is -0.00000000222. The molecule has 0 amide bonds. The molecule has 8 heavy (non-hydrogen) atoms. The van der Waals surface area contributed by atoms with Gasteiger partial charge in [0.25, 0.3) is 0 Å². The first-order valence-corrected chi connectivity index (χ1v) is 2.68. The van der Waals surface area contributed by atoms with Crippen LogP contribution in [-0.4, -0.2) is 149 Å². The van der Waals surface area contributed by atoms with Crippen LogP contribution in [-0.2, 0) is 0 Å². The fourth-order valence-corrected chi connectivity index (χ4v) is 0. The Kier molecular flexibility index (Phi) is 31.4. The van der Waals surface area contributed by atoms with Crippen LogP contribution in [0.15, 0.2) is 0 Å². The van der Waals surface area contributed by atoms with E-state index in [0.717, 1.165) is 0 Å². The molecule has 0 saturated carbocycles. The second-order valence-electron chi connectivity index (χ2n) is 0.600. The van der Waals surface area contributed by atoms with Gasteiger partial charge < -0.3 is 27.7 Å². The van der Waals surface area contributed by atoms with E-state index in [9.17, 15) is 0 Å². The maximum absolute atomic E-state index is 7.33. The average molecular weight is 270 g/mol. The van der Waals surface area contributed by atoms with Gasteiger partial charge in [0.15, 0.2) is 0 Å². The van der Waals surface area contributed by atoms with E-state index in [-0.39, 0.29) is 130 Å². The monoisotopic (exact) mass is 270 g/mol. The minimum Gasteiger partial charge on any atom is -1.00 e. The zero-order valence-corrected chi connectivity index (χ0v) is 13.3. The maximum atomic E-state index is 7.33. The number of rotatable bonds is 0. The third-order valence-corrected chi connectivity index (χ3v) is 0. The molecule has 0 rings (SSSR count). The molecule has 0 unspecified atom stereocenters. The van der Waals surface area contributed by atoms with Crippen molar-refractivity contribution in [2.24, 2.45) is 0 Å². The summed E-state index contributed by atoms with van der Waals surface area (Å²) in [6.45, 7) is 0. The van der Waals surface area contributed by atoms with Crippen LogP contribution in [0.1, 0.15) is 8.56 Å². The summed E-state index contributed by atoms with van der Waals surface area (Å²) >= 11 is 0. The Bertz CT molecular complexity index is 43.3. The van der Waals surface area contributed by atoms with E-state index in [2.05, 4.69) is 0 Å². The van der Waals surface area contributed by atoms with Crippen LogP contribution in [0, 0.1) is 0 Å². The van der Waals surface area contributed by atoms with Crippen LogP contribution in [0.5, 0.6) is 0 Å². The molecule has 0 aromatic carbocycles. The Labute approximate surface area is 154 Å². The topological polar surface area (TPSA) is 80.9 Å². The van der Waals surface area contributed by atoms with Crippen molar-refractivity contribution in [2.45, 2.75) is 0 Å². The van der Waals surface area contributed by atoms with Gasteiger partial charge in [-0.25, -0.2) is 0 Å². The quantitative estimate of drug-likeness (QED) is 0.352. The standard InChI is InChI=1S/2Ca.H4O4Si.Sr.6H/c;;1-5(2,3)4;;;;;;;/h;;1-4H;;;;;;;/q2*+2;;+2;6*-1. The van der Waals surface area contributed by atoms with Gasteiger partial charge >= 0.3 is 130 Å². The molecule has 8 heteroatoms. The van der Waals surface area contributed by atoms with E-state index < -0.39 is 9.05 Å². The summed E-state index contributed by atoms with van der Waals surface area (Å²) in [6.07, 6.45) is 0. The Morgan fingerprint density at radius 2 is 0.875 bits per heavy atom. The molecule has 0 saturated heterocycles. The second kappa shape index (κ2) is 11.1. The summed E-state index contributed by atoms with van der Waals surface area (Å²) in [6, 6.07) is 0. The van der Waals surface area contributed by atoms with Crippen molar-refractivity contribution in [1.29, 1.82) is 0 Å². The first-order chi connectivity index (χ1) is 2.00. The molecule has 0 aliphatic carbocycles. The fourth-order valence-electron chi connectivity index (χ4n) is 0. The molecular formula is H10Ca2O4SiSr. The van der Waals surface area contributed by atoms with Gasteiger partial charge in [0, 0.05) is 0 Å². The largest absolute Gasteiger partial charge is 2.00 e. The van der Waals surface area contributed by atoms with Crippen molar-refractivity contribution in [3.05, 3.63) is 0 Å². The number of hydrogen-bond acceptors (Lipinski definition) is 4. The molecular weight excluding hydrogens is 260 g/mol. The van der Waals surface area contributed by atoms with E-state index in [0.29, 0.717) is 0 Å². The molecule has 4 nitrogen and oxygen atoms in total. The molecule has 0 aromatic heterocycles. The maximum Gasteiger partial charge on any atom is 2.00 e. The van der Waals surface area contributed by atoms with Crippen LogP contribution in [0.4, 0.5) is 0 Å². The number of hydrogen-bond donors (Lipinski definition) is 4. The van der Waals surface area contributed by atoms with Crippen molar-refractivity contribution in [2.75, 3.05) is 0 Å². The minimum atomic E-state index is -4.61. The van der Waals surface area contributed by atoms with Crippen molar-refractivity contribution in [1.82, 2.24) is 0 Å². The van der Waals surface area contributed by atoms with Gasteiger partial charge in [0.2, 0.25) is 0 Å². The summed E-state index contributed by atoms with van der Waals surface area (Å²) < 4.78 is 0. The second-order valence-corrected chi connectivity index (χ2v) is 1.80. The van der Waals surface area contributed by atoms with Gasteiger partial charge in [-0.2, -0.15) is 0 Å². The molecule has 0 fully saturated rings. The normalized spacial score (nSPS) is 7.50. The Hall–Kier alpha value is 4.06. The van der Waals surface area contributed by atoms with Crippen molar-refractivity contribution in [3.63, 3.8) is 0 Å². The van der Waals surface area contributed by atoms with Gasteiger partial charge in [-0.3, -0.25) is 0 Å². The summed E-state index contributed by atoms with van der Waals surface area (Å²) in [5.74, 6) is 0. The van der Waals surface area contributed by atoms with Gasteiger partial charge in [0.1, 0.15) is 0 Å². The van der Waals surface area contributed by atoms with Gasteiger partial charge in [-0.15, -0.1) is 0 Å². The van der Waals surface area contributed by atoms with E-state index in [1.54, 1.807) is 0 Å². The van der Waals surface area contributed by atoms with Crippen LogP contribution in [0.2, 0.25) is 0 Å². The molecule has 0 atom stereocenters. The Morgan fingerprint density at radius 3 is 0.875 bits per heavy atom. The molecule has 44 valence electrons. The molecule has 0 aromatic rings. The summed E-state index contributed by atoms with van der Waals surface area (Å²) in [5, 5.41) is 0. The van der Waals surface area contributed by atoms with Crippen molar-refractivity contribution >= 4 is 130 Å². The van der Waals surface area contributed by atoms with E-state index in [4.69, 9.17) is 19.2 Å². The SMILES string of the molecule is O[Si](O)(O)O.[Ca+2].[Ca+2].[H-].[H-].[H-].[H-].[H-].[H-].[Sr+2]. The van der Waals surface area contributed by atoms with Gasteiger partial charge in [-0.1, -0.05) is 0 Å². The third kappa shape index (κ3) is 50.1. The third-order valence-electron chi connectivity index (χ3n) is 0. The van der Waals surface area contributed by atoms with E-state index in [1.165, 1.54) is 0 Å². The first kappa shape index (κ1) is 22.7. The first-order valence-electron chi connectivity index (χ1n) is 0.894. The predicted molar refractivity (Wildman–Crippen MR) is 38.6 cm³/mol. The van der Waals surface area contributed by atoms with Crippen LogP contribution < -0.4 is 0 Å². The zero-order chi connectivity index (χ0) is 4.50. The minimum absolute atomic E-state index is 0. The zero-order valence-electron chi connectivity index (χ0n) is 10.4. The predicted octanol–water partition coefficient (Wildman–Crippen LogP) is -3.08. The van der Waals surface area contributed by atoms with Crippen molar-refractivity contribution in [3.8, 4) is 0 Å². The van der Waals surface area contributed by atoms with Crippen LogP contribution >= 0.6 is 0 Å². The summed E-state index contributed by atoms with van der Waals surface area (Å²) in [4.78, 5) is 29.3. The molecule has 0 aliphatic heterocycles. The molecule has 4 N–H and O–H groups in total. The van der Waals surface area contributed by atoms with E-state index in [1.807, 2.05) is 0 Å². The summed E-state index contributed by atoms with van der Waals surface area (Å²) in [7, 11) is -4.61.